The zero-order chi connectivity index (χ0) is 33.4. The van der Waals surface area contributed by atoms with Gasteiger partial charge in [0.2, 0.25) is 13.6 Å². The Hall–Kier alpha value is -3.81. The number of carbonyl (C=O) groups excluding carboxylic acids is 3. The number of benzene rings is 2. The molecule has 2 aromatic carbocycles. The quantitative estimate of drug-likeness (QED) is 0.0964. The molecule has 0 N–H and O–H groups in total. The minimum atomic E-state index is -0.646. The topological polar surface area (TPSA) is 97.4 Å². The van der Waals surface area contributed by atoms with Gasteiger partial charge in [-0.05, 0) is 115 Å². The van der Waals surface area contributed by atoms with Gasteiger partial charge in [-0.25, -0.2) is 0 Å². The Labute approximate surface area is 263 Å². The number of rotatable bonds is 13. The Morgan fingerprint density at radius 2 is 1.25 bits per heavy atom. The van der Waals surface area contributed by atoms with Gasteiger partial charge in [0.05, 0.1) is 16.9 Å². The molecule has 0 spiro atoms. The number of hydrogen-bond acceptors (Lipinski definition) is 8. The van der Waals surface area contributed by atoms with E-state index < -0.39 is 10.8 Å². The molecule has 0 amide bonds. The molecular weight excluding hydrogens is 560 g/mol. The lowest BCUT2D eigenvalue weighted by molar-refractivity contribution is -0.160. The zero-order valence-electron chi connectivity index (χ0n) is 28.5. The minimum absolute atomic E-state index is 0.00818. The van der Waals surface area contributed by atoms with E-state index in [4.69, 9.17) is 23.7 Å². The second-order valence-electron chi connectivity index (χ2n) is 13.7. The number of hydrogen-bond donors (Lipinski definition) is 0. The first kappa shape index (κ1) is 36.4. The summed E-state index contributed by atoms with van der Waals surface area (Å²) in [5, 5.41) is 0. The molecule has 0 radical (unpaired) electrons. The van der Waals surface area contributed by atoms with Crippen molar-refractivity contribution >= 4 is 23.8 Å². The highest BCUT2D eigenvalue weighted by atomic mass is 16.7. The lowest BCUT2D eigenvalue weighted by Crippen LogP contribution is -2.25. The van der Waals surface area contributed by atoms with Crippen LogP contribution >= 0.6 is 0 Å². The third-order valence-electron chi connectivity index (χ3n) is 6.46. The van der Waals surface area contributed by atoms with Crippen LogP contribution in [0.2, 0.25) is 0 Å². The van der Waals surface area contributed by atoms with E-state index >= 15 is 0 Å². The van der Waals surface area contributed by atoms with Crippen molar-refractivity contribution in [3.05, 3.63) is 58.7 Å². The highest BCUT2D eigenvalue weighted by molar-refractivity contribution is 6.07. The van der Waals surface area contributed by atoms with Gasteiger partial charge in [-0.3, -0.25) is 14.4 Å². The van der Waals surface area contributed by atoms with E-state index in [9.17, 15) is 14.4 Å². The molecule has 8 nitrogen and oxygen atoms in total. The molecule has 0 unspecified atom stereocenters. The smallest absolute Gasteiger partial charge is 0.314 e. The lowest BCUT2D eigenvalue weighted by atomic mass is 9.89. The summed E-state index contributed by atoms with van der Waals surface area (Å²) in [6, 6.07) is 8.61. The predicted octanol–water partition coefficient (Wildman–Crippen LogP) is 8.47. The summed E-state index contributed by atoms with van der Waals surface area (Å²) in [4.78, 5) is 37.4. The van der Waals surface area contributed by atoms with E-state index in [0.717, 1.165) is 16.7 Å². The van der Waals surface area contributed by atoms with E-state index in [0.29, 0.717) is 22.8 Å². The fourth-order valence-electron chi connectivity index (χ4n) is 4.02. The van der Waals surface area contributed by atoms with E-state index in [1.54, 1.807) is 71.9 Å². The SMILES string of the molecule is CC(C)Oc1c(/C=C/C(=O)c2ccc(OCOC(=O)C(C)(C)C)cc2)cc(C(C)C)c(OCOC(=O)C(C)(C)C)c1C(C)C. The number of carbonyl (C=O) groups is 3. The summed E-state index contributed by atoms with van der Waals surface area (Å²) in [6.45, 7) is 22.4. The molecule has 0 saturated carbocycles. The fourth-order valence-corrected chi connectivity index (χ4v) is 4.02. The summed E-state index contributed by atoms with van der Waals surface area (Å²) in [6.07, 6.45) is 3.14. The molecule has 0 aliphatic rings. The third kappa shape index (κ3) is 10.4. The second kappa shape index (κ2) is 15.3. The Morgan fingerprint density at radius 1 is 0.727 bits per heavy atom. The molecule has 0 saturated heterocycles. The first-order valence-corrected chi connectivity index (χ1v) is 15.1. The van der Waals surface area contributed by atoms with Gasteiger partial charge in [-0.1, -0.05) is 27.7 Å². The maximum Gasteiger partial charge on any atom is 0.314 e. The summed E-state index contributed by atoms with van der Waals surface area (Å²) in [7, 11) is 0. The van der Waals surface area contributed by atoms with E-state index in [1.165, 1.54) is 6.08 Å². The molecular formula is C36H50O8. The number of esters is 2. The van der Waals surface area contributed by atoms with Crippen molar-refractivity contribution < 1.29 is 38.1 Å². The van der Waals surface area contributed by atoms with Crippen molar-refractivity contribution in [2.75, 3.05) is 13.6 Å². The van der Waals surface area contributed by atoms with Crippen molar-refractivity contribution in [3.8, 4) is 17.2 Å². The Balaban J connectivity index is 2.37. The van der Waals surface area contributed by atoms with Crippen LogP contribution in [-0.4, -0.2) is 37.4 Å². The fraction of sp³-hybridized carbons (Fsp3) is 0.528. The molecule has 0 heterocycles. The van der Waals surface area contributed by atoms with Crippen molar-refractivity contribution in [3.63, 3.8) is 0 Å². The largest absolute Gasteiger partial charge is 0.490 e. The number of ether oxygens (including phenoxy) is 5. The molecule has 0 atom stereocenters. The highest BCUT2D eigenvalue weighted by Gasteiger charge is 2.27. The van der Waals surface area contributed by atoms with Crippen molar-refractivity contribution in [2.45, 2.75) is 101 Å². The molecule has 44 heavy (non-hydrogen) atoms. The van der Waals surface area contributed by atoms with Crippen LogP contribution in [-0.2, 0) is 19.1 Å². The normalized spacial score (nSPS) is 12.2. The number of allylic oxidation sites excluding steroid dienone is 1. The molecule has 0 aliphatic heterocycles. The Bertz CT molecular complexity index is 1320. The molecule has 2 aromatic rings. The molecule has 0 aromatic heterocycles. The number of ketones is 1. The average molecular weight is 611 g/mol. The van der Waals surface area contributed by atoms with Crippen LogP contribution in [0.15, 0.2) is 36.4 Å². The second-order valence-corrected chi connectivity index (χ2v) is 13.7. The van der Waals surface area contributed by atoms with Gasteiger partial charge in [0.1, 0.15) is 17.2 Å². The third-order valence-corrected chi connectivity index (χ3v) is 6.46. The van der Waals surface area contributed by atoms with Gasteiger partial charge in [-0.15, -0.1) is 0 Å². The van der Waals surface area contributed by atoms with Gasteiger partial charge in [0.15, 0.2) is 5.78 Å². The zero-order valence-corrected chi connectivity index (χ0v) is 28.5. The first-order chi connectivity index (χ1) is 20.3. The van der Waals surface area contributed by atoms with Crippen molar-refractivity contribution in [2.24, 2.45) is 10.8 Å². The molecule has 8 heteroatoms. The lowest BCUT2D eigenvalue weighted by Gasteiger charge is -2.26. The Kier molecular flexibility index (Phi) is 12.6. The first-order valence-electron chi connectivity index (χ1n) is 15.1. The molecule has 2 rings (SSSR count). The van der Waals surface area contributed by atoms with Crippen LogP contribution in [0.5, 0.6) is 17.2 Å². The van der Waals surface area contributed by atoms with Crippen LogP contribution in [0.3, 0.4) is 0 Å². The van der Waals surface area contributed by atoms with Crippen molar-refractivity contribution in [1.29, 1.82) is 0 Å². The highest BCUT2D eigenvalue weighted by Crippen LogP contribution is 2.44. The van der Waals surface area contributed by atoms with Gasteiger partial charge >= 0.3 is 11.9 Å². The van der Waals surface area contributed by atoms with Gasteiger partial charge in [-0.2, -0.15) is 0 Å². The van der Waals surface area contributed by atoms with Crippen LogP contribution in [0.1, 0.15) is 122 Å². The summed E-state index contributed by atoms with van der Waals surface area (Å²) < 4.78 is 28.5. The van der Waals surface area contributed by atoms with Gasteiger partial charge in [0, 0.05) is 16.7 Å². The van der Waals surface area contributed by atoms with Crippen LogP contribution < -0.4 is 14.2 Å². The monoisotopic (exact) mass is 610 g/mol. The molecule has 0 aliphatic carbocycles. The van der Waals surface area contributed by atoms with E-state index in [-0.39, 0.29) is 49.2 Å². The molecule has 242 valence electrons. The predicted molar refractivity (Wildman–Crippen MR) is 172 cm³/mol. The standard InChI is InChI=1S/C36H50O8/c1-22(2)28-19-26(15-18-29(37)25-13-16-27(17-14-25)40-20-42-33(38)35(7,8)9)31(44-24(5)6)30(23(3)4)32(28)41-21-43-34(39)36(10,11)12/h13-19,22-24H,20-21H2,1-12H3/b18-15+. The van der Waals surface area contributed by atoms with Crippen LogP contribution in [0, 0.1) is 10.8 Å². The minimum Gasteiger partial charge on any atom is -0.490 e. The maximum absolute atomic E-state index is 13.2. The van der Waals surface area contributed by atoms with Gasteiger partial charge in [0.25, 0.3) is 0 Å². The van der Waals surface area contributed by atoms with E-state index in [2.05, 4.69) is 13.8 Å². The summed E-state index contributed by atoms with van der Waals surface area (Å²) in [5.74, 6) is 0.897. The summed E-state index contributed by atoms with van der Waals surface area (Å²) >= 11 is 0. The maximum atomic E-state index is 13.2. The molecule has 0 bridgehead atoms. The Morgan fingerprint density at radius 3 is 1.70 bits per heavy atom. The van der Waals surface area contributed by atoms with Crippen LogP contribution in [0.25, 0.3) is 6.08 Å². The van der Waals surface area contributed by atoms with Crippen molar-refractivity contribution in [1.82, 2.24) is 0 Å². The average Bonchev–Trinajstić information content (AvgIpc) is 2.90. The van der Waals surface area contributed by atoms with E-state index in [1.807, 2.05) is 33.8 Å². The van der Waals surface area contributed by atoms with Crippen LogP contribution in [0.4, 0.5) is 0 Å². The molecule has 0 fully saturated rings. The summed E-state index contributed by atoms with van der Waals surface area (Å²) in [5.41, 5.74) is 1.72. The van der Waals surface area contributed by atoms with Gasteiger partial charge < -0.3 is 23.7 Å².